The van der Waals surface area contributed by atoms with Crippen LogP contribution in [0, 0.1) is 0 Å². The fourth-order valence-electron chi connectivity index (χ4n) is 1.65. The number of nitrogens with two attached hydrogens (primary N) is 2. The van der Waals surface area contributed by atoms with Crippen LogP contribution < -0.4 is 16.8 Å². The van der Waals surface area contributed by atoms with Crippen molar-refractivity contribution < 1.29 is 9.90 Å². The summed E-state index contributed by atoms with van der Waals surface area (Å²) >= 11 is 0. The summed E-state index contributed by atoms with van der Waals surface area (Å²) < 4.78 is 0. The third kappa shape index (κ3) is 6.60. The molecular weight excluding hydrogens is 286 g/mol. The Hall–Kier alpha value is -2.77. The van der Waals surface area contributed by atoms with E-state index in [0.717, 1.165) is 5.69 Å². The number of nitrogens with zero attached hydrogens (tertiary/aromatic N) is 4. The molecular formula is C13H19N7O2. The Labute approximate surface area is 127 Å². The number of hydrogen-bond donors (Lipinski definition) is 4. The molecule has 0 saturated heterocycles. The average molecular weight is 305 g/mol. The topological polar surface area (TPSA) is 162 Å². The van der Waals surface area contributed by atoms with E-state index in [9.17, 15) is 4.79 Å². The molecule has 118 valence electrons. The molecule has 0 aromatic heterocycles. The van der Waals surface area contributed by atoms with Gasteiger partial charge in [0.1, 0.15) is 6.04 Å². The van der Waals surface area contributed by atoms with Gasteiger partial charge in [-0.3, -0.25) is 9.79 Å². The number of carboxylic acid groups (broad SMARTS) is 1. The molecule has 0 amide bonds. The van der Waals surface area contributed by atoms with Crippen molar-refractivity contribution in [3.8, 4) is 0 Å². The van der Waals surface area contributed by atoms with E-state index in [1.807, 2.05) is 0 Å². The van der Waals surface area contributed by atoms with Crippen molar-refractivity contribution in [2.45, 2.75) is 25.3 Å². The van der Waals surface area contributed by atoms with Crippen molar-refractivity contribution in [1.29, 1.82) is 0 Å². The van der Waals surface area contributed by atoms with Gasteiger partial charge >= 0.3 is 5.97 Å². The van der Waals surface area contributed by atoms with E-state index in [1.165, 1.54) is 0 Å². The molecule has 0 radical (unpaired) electrons. The number of hydrogen-bond acceptors (Lipinski definition) is 4. The Balaban J connectivity index is 2.33. The van der Waals surface area contributed by atoms with Crippen molar-refractivity contribution in [3.05, 3.63) is 34.7 Å². The number of unbranched alkanes of at least 4 members (excludes halogenated alkanes) is 1. The lowest BCUT2D eigenvalue weighted by Gasteiger charge is -2.06. The highest BCUT2D eigenvalue weighted by molar-refractivity contribution is 5.92. The van der Waals surface area contributed by atoms with Crippen molar-refractivity contribution in [1.82, 2.24) is 0 Å². The molecule has 1 rings (SSSR count). The Morgan fingerprint density at radius 2 is 2.05 bits per heavy atom. The van der Waals surface area contributed by atoms with Crippen LogP contribution in [0.3, 0.4) is 0 Å². The Morgan fingerprint density at radius 3 is 2.64 bits per heavy atom. The van der Waals surface area contributed by atoms with Gasteiger partial charge in [-0.1, -0.05) is 17.2 Å². The van der Waals surface area contributed by atoms with Crippen LogP contribution >= 0.6 is 0 Å². The van der Waals surface area contributed by atoms with Crippen molar-refractivity contribution >= 4 is 23.3 Å². The van der Waals surface area contributed by atoms with Gasteiger partial charge in [-0.25, -0.2) is 0 Å². The second kappa shape index (κ2) is 9.22. The van der Waals surface area contributed by atoms with Gasteiger partial charge in [0.05, 0.1) is 0 Å². The van der Waals surface area contributed by atoms with E-state index < -0.39 is 12.0 Å². The summed E-state index contributed by atoms with van der Waals surface area (Å²) in [5.74, 6) is -0.729. The van der Waals surface area contributed by atoms with Gasteiger partial charge in [0.25, 0.3) is 0 Å². The molecule has 22 heavy (non-hydrogen) atoms. The van der Waals surface area contributed by atoms with Crippen LogP contribution in [-0.4, -0.2) is 29.6 Å². The first-order valence-corrected chi connectivity index (χ1v) is 6.73. The lowest BCUT2D eigenvalue weighted by molar-refractivity contribution is -0.138. The van der Waals surface area contributed by atoms with Gasteiger partial charge in [-0.05, 0) is 36.9 Å². The number of azide groups is 1. The van der Waals surface area contributed by atoms with Crippen LogP contribution in [0.15, 0.2) is 34.4 Å². The van der Waals surface area contributed by atoms with Gasteiger partial charge in [-0.15, -0.1) is 0 Å². The molecule has 0 spiro atoms. The maximum atomic E-state index is 10.5. The summed E-state index contributed by atoms with van der Waals surface area (Å²) in [5, 5.41) is 15.0. The van der Waals surface area contributed by atoms with Gasteiger partial charge < -0.3 is 21.9 Å². The monoisotopic (exact) mass is 305 g/mol. The Bertz CT molecular complexity index is 564. The van der Waals surface area contributed by atoms with Gasteiger partial charge in [0.2, 0.25) is 0 Å². The molecule has 0 bridgehead atoms. The van der Waals surface area contributed by atoms with Gasteiger partial charge in [0, 0.05) is 22.8 Å². The second-order valence-corrected chi connectivity index (χ2v) is 4.57. The van der Waals surface area contributed by atoms with Crippen LogP contribution in [0.1, 0.15) is 19.3 Å². The van der Waals surface area contributed by atoms with Crippen LogP contribution in [0.5, 0.6) is 0 Å². The number of benzene rings is 1. The molecule has 9 nitrogen and oxygen atoms in total. The van der Waals surface area contributed by atoms with Crippen LogP contribution in [-0.2, 0) is 4.79 Å². The summed E-state index contributed by atoms with van der Waals surface area (Å²) in [6.07, 6.45) is 1.79. The molecule has 0 unspecified atom stereocenters. The summed E-state index contributed by atoms with van der Waals surface area (Å²) in [7, 11) is 0. The molecule has 0 aliphatic rings. The number of rotatable bonds is 8. The molecule has 1 aromatic rings. The van der Waals surface area contributed by atoms with Crippen molar-refractivity contribution in [3.63, 3.8) is 0 Å². The maximum absolute atomic E-state index is 10.5. The number of aliphatic carboxylic acids is 1. The first-order chi connectivity index (χ1) is 10.5. The molecule has 1 aromatic carbocycles. The predicted octanol–water partition coefficient (Wildman–Crippen LogP) is 1.94. The van der Waals surface area contributed by atoms with Crippen LogP contribution in [0.4, 0.5) is 11.4 Å². The quantitative estimate of drug-likeness (QED) is 0.144. The highest BCUT2D eigenvalue weighted by Gasteiger charge is 2.09. The summed E-state index contributed by atoms with van der Waals surface area (Å²) in [6.45, 7) is 0.488. The number of guanidine groups is 1. The molecule has 0 aliphatic heterocycles. The zero-order valence-electron chi connectivity index (χ0n) is 12.0. The Kier molecular flexibility index (Phi) is 7.24. The molecule has 0 aliphatic carbocycles. The second-order valence-electron chi connectivity index (χ2n) is 4.57. The van der Waals surface area contributed by atoms with E-state index in [-0.39, 0.29) is 5.96 Å². The lowest BCUT2D eigenvalue weighted by atomic mass is 10.1. The van der Waals surface area contributed by atoms with Crippen LogP contribution in [0.25, 0.3) is 10.4 Å². The SMILES string of the molecule is [N-]=[N+]=Nc1ccc(NC(N)=NCCCC[C@H](N)C(=O)O)cc1. The highest BCUT2D eigenvalue weighted by atomic mass is 16.4. The fraction of sp³-hybridized carbons (Fsp3) is 0.385. The van der Waals surface area contributed by atoms with E-state index in [1.54, 1.807) is 24.3 Å². The summed E-state index contributed by atoms with van der Waals surface area (Å²) in [4.78, 5) is 17.4. The maximum Gasteiger partial charge on any atom is 0.320 e. The zero-order chi connectivity index (χ0) is 16.4. The van der Waals surface area contributed by atoms with Crippen molar-refractivity contribution in [2.24, 2.45) is 21.6 Å². The first-order valence-electron chi connectivity index (χ1n) is 6.73. The minimum atomic E-state index is -0.992. The number of carboxylic acids is 1. The fourth-order valence-corrected chi connectivity index (χ4v) is 1.65. The van der Waals surface area contributed by atoms with E-state index in [0.29, 0.717) is 31.5 Å². The number of aliphatic imine (C=N–C) groups is 1. The normalized spacial score (nSPS) is 12.3. The van der Waals surface area contributed by atoms with Gasteiger partial charge in [-0.2, -0.15) is 0 Å². The number of nitrogens with one attached hydrogen (secondary N) is 1. The standard InChI is InChI=1S/C13H19N7O2/c14-11(12(21)22)3-1-2-8-17-13(15)18-9-4-6-10(7-5-9)19-20-16/h4-7,11H,1-3,8,14H2,(H,21,22)(H3,15,17,18)/t11-/m0/s1. The third-order valence-corrected chi connectivity index (χ3v) is 2.82. The summed E-state index contributed by atoms with van der Waals surface area (Å²) in [5.41, 5.74) is 20.7. The zero-order valence-corrected chi connectivity index (χ0v) is 12.0. The lowest BCUT2D eigenvalue weighted by Crippen LogP contribution is -2.29. The van der Waals surface area contributed by atoms with Crippen LogP contribution in [0.2, 0.25) is 0 Å². The average Bonchev–Trinajstić information content (AvgIpc) is 2.49. The molecule has 0 fully saturated rings. The predicted molar refractivity (Wildman–Crippen MR) is 84.8 cm³/mol. The molecule has 0 heterocycles. The molecule has 6 N–H and O–H groups in total. The first kappa shape index (κ1) is 17.3. The smallest absolute Gasteiger partial charge is 0.320 e. The van der Waals surface area contributed by atoms with Crippen molar-refractivity contribution in [2.75, 3.05) is 11.9 Å². The Morgan fingerprint density at radius 1 is 1.36 bits per heavy atom. The largest absolute Gasteiger partial charge is 0.480 e. The third-order valence-electron chi connectivity index (χ3n) is 2.82. The molecule has 0 saturated carbocycles. The summed E-state index contributed by atoms with van der Waals surface area (Å²) in [6, 6.07) is 5.93. The molecule has 9 heteroatoms. The number of anilines is 1. The van der Waals surface area contributed by atoms with E-state index in [4.69, 9.17) is 22.1 Å². The number of carbonyl (C=O) groups is 1. The minimum Gasteiger partial charge on any atom is -0.480 e. The highest BCUT2D eigenvalue weighted by Crippen LogP contribution is 2.16. The van der Waals surface area contributed by atoms with E-state index in [2.05, 4.69) is 20.3 Å². The molecule has 1 atom stereocenters. The van der Waals surface area contributed by atoms with E-state index >= 15 is 0 Å². The van der Waals surface area contributed by atoms with Gasteiger partial charge in [0.15, 0.2) is 5.96 Å². The minimum absolute atomic E-state index is 0.263.